The Morgan fingerprint density at radius 1 is 0.911 bits per heavy atom. The first-order valence-electron chi connectivity index (χ1n) is 18.7. The van der Waals surface area contributed by atoms with Crippen LogP contribution in [0.4, 0.5) is 0 Å². The van der Waals surface area contributed by atoms with Gasteiger partial charge in [0.2, 0.25) is 23.6 Å². The molecule has 13 nitrogen and oxygen atoms in total. The lowest BCUT2D eigenvalue weighted by Crippen LogP contribution is -2.61. The second kappa shape index (κ2) is 19.3. The molecule has 2 aromatic carbocycles. The maximum absolute atomic E-state index is 14.2. The van der Waals surface area contributed by atoms with E-state index in [2.05, 4.69) is 28.6 Å². The van der Waals surface area contributed by atoms with Gasteiger partial charge in [0.1, 0.15) is 12.1 Å². The lowest BCUT2D eigenvalue weighted by molar-refractivity contribution is -0.141. The molecule has 0 spiro atoms. The average molecular weight is 771 g/mol. The molecule has 0 fully saturated rings. The molecule has 0 saturated heterocycles. The quantitative estimate of drug-likeness (QED) is 0.166. The molecule has 3 unspecified atom stereocenters. The Balaban J connectivity index is 1.64. The molecule has 1 aliphatic heterocycles. The normalized spacial score (nSPS) is 15.0. The van der Waals surface area contributed by atoms with Crippen molar-refractivity contribution in [2.75, 3.05) is 40.8 Å². The van der Waals surface area contributed by atoms with E-state index >= 15 is 0 Å². The number of hydrogen-bond acceptors (Lipinski definition) is 7. The van der Waals surface area contributed by atoms with Gasteiger partial charge in [-0.1, -0.05) is 102 Å². The van der Waals surface area contributed by atoms with Crippen LogP contribution in [0.1, 0.15) is 59.9 Å². The minimum atomic E-state index is -1.34. The third kappa shape index (κ3) is 12.0. The number of carbonyl (C=O) groups is 6. The monoisotopic (exact) mass is 770 g/mol. The summed E-state index contributed by atoms with van der Waals surface area (Å²) in [5.41, 5.74) is 2.42. The van der Waals surface area contributed by atoms with Crippen molar-refractivity contribution in [3.63, 3.8) is 0 Å². The van der Waals surface area contributed by atoms with Gasteiger partial charge >= 0.3 is 5.97 Å². The molecule has 3 atom stereocenters. The van der Waals surface area contributed by atoms with Crippen molar-refractivity contribution in [3.8, 4) is 11.1 Å². The van der Waals surface area contributed by atoms with Gasteiger partial charge in [-0.2, -0.15) is 0 Å². The van der Waals surface area contributed by atoms with E-state index in [1.54, 1.807) is 13.1 Å². The largest absolute Gasteiger partial charge is 0.480 e. The highest BCUT2D eigenvalue weighted by Gasteiger charge is 2.42. The van der Waals surface area contributed by atoms with Crippen LogP contribution in [0, 0.1) is 5.41 Å². The van der Waals surface area contributed by atoms with Gasteiger partial charge in [0.15, 0.2) is 0 Å². The van der Waals surface area contributed by atoms with E-state index in [9.17, 15) is 33.9 Å². The third-order valence-corrected chi connectivity index (χ3v) is 9.92. The van der Waals surface area contributed by atoms with Crippen molar-refractivity contribution in [1.82, 2.24) is 30.7 Å². The predicted octanol–water partition coefficient (Wildman–Crippen LogP) is 3.87. The molecule has 0 radical (unpaired) electrons. The smallest absolute Gasteiger partial charge is 0.326 e. The molecule has 302 valence electrons. The van der Waals surface area contributed by atoms with Crippen molar-refractivity contribution < 1.29 is 33.9 Å². The van der Waals surface area contributed by atoms with Gasteiger partial charge in [0.25, 0.3) is 5.91 Å². The van der Waals surface area contributed by atoms with E-state index in [4.69, 9.17) is 0 Å². The van der Waals surface area contributed by atoms with Crippen LogP contribution in [0.15, 0.2) is 90.7 Å². The van der Waals surface area contributed by atoms with E-state index in [0.717, 1.165) is 16.7 Å². The first kappa shape index (κ1) is 44.8. The number of allylic oxidation sites excluding steroid dienone is 1. The molecule has 1 aliphatic rings. The fourth-order valence-corrected chi connectivity index (χ4v) is 6.59. The van der Waals surface area contributed by atoms with Crippen molar-refractivity contribution in [2.24, 2.45) is 5.41 Å². The molecule has 3 rings (SSSR count). The molecular formula is C43H58N6O7. The summed E-state index contributed by atoms with van der Waals surface area (Å²) < 4.78 is 0. The average Bonchev–Trinajstić information content (AvgIpc) is 3.45. The van der Waals surface area contributed by atoms with Crippen LogP contribution in [-0.2, 0) is 34.2 Å². The lowest BCUT2D eigenvalue weighted by Gasteiger charge is -2.41. The molecule has 4 N–H and O–H groups in total. The molecule has 0 aliphatic carbocycles. The first-order valence-corrected chi connectivity index (χ1v) is 18.7. The molecule has 13 heteroatoms. The molecule has 2 aromatic rings. The second-order valence-electron chi connectivity index (χ2n) is 16.0. The Kier molecular flexibility index (Phi) is 15.5. The molecule has 56 heavy (non-hydrogen) atoms. The molecule has 5 amide bonds. The molecule has 0 aromatic heterocycles. The van der Waals surface area contributed by atoms with Crippen LogP contribution in [0.2, 0.25) is 0 Å². The fourth-order valence-electron chi connectivity index (χ4n) is 6.59. The number of likely N-dealkylation sites (N-methyl/N-ethyl adjacent to an activating group) is 2. The molecule has 1 heterocycles. The predicted molar refractivity (Wildman–Crippen MR) is 217 cm³/mol. The molecular weight excluding hydrogens is 713 g/mol. The molecule has 0 bridgehead atoms. The molecule has 0 saturated carbocycles. The topological polar surface area (TPSA) is 168 Å². The SMILES string of the molecule is C=C1C=CC(=O)N1CCNC(=O)CCC(NC(=O)/C(C)=C/CN(C)C(=O)C(NC(=O)C(N(C)C)C(C)(C)c1cccc(-c2ccccc2)c1)C(C)(C)C)C(=O)O. The van der Waals surface area contributed by atoms with Gasteiger partial charge in [0, 0.05) is 55.9 Å². The summed E-state index contributed by atoms with van der Waals surface area (Å²) in [4.78, 5) is 81.9. The van der Waals surface area contributed by atoms with Crippen LogP contribution >= 0.6 is 0 Å². The summed E-state index contributed by atoms with van der Waals surface area (Å²) >= 11 is 0. The fraction of sp³-hybridized carbons (Fsp3) is 0.442. The summed E-state index contributed by atoms with van der Waals surface area (Å²) in [6, 6.07) is 15.2. The van der Waals surface area contributed by atoms with E-state index in [1.807, 2.05) is 102 Å². The Hall–Kier alpha value is -5.56. The van der Waals surface area contributed by atoms with Crippen LogP contribution in [0.3, 0.4) is 0 Å². The Morgan fingerprint density at radius 2 is 1.55 bits per heavy atom. The van der Waals surface area contributed by atoms with Crippen molar-refractivity contribution >= 4 is 35.5 Å². The van der Waals surface area contributed by atoms with E-state index in [1.165, 1.54) is 28.9 Å². The van der Waals surface area contributed by atoms with Crippen LogP contribution in [0.25, 0.3) is 11.1 Å². The maximum Gasteiger partial charge on any atom is 0.326 e. The first-order chi connectivity index (χ1) is 26.1. The third-order valence-electron chi connectivity index (χ3n) is 9.92. The van der Waals surface area contributed by atoms with Gasteiger partial charge in [-0.15, -0.1) is 0 Å². The standard InChI is InChI=1S/C43H58N6O7/c1-28(38(52)45-33(41(55)56)20-21-34(50)44-24-26-49-29(2)19-22-35(49)51)23-25-48(10)40(54)36(42(3,4)5)46-39(53)37(47(8)9)43(6,7)32-18-14-17-31(27-32)30-15-12-11-13-16-30/h11-19,22-23,27,33,36-37H,2,20-21,24-26H2,1,3-10H3,(H,44,50)(H,45,52)(H,46,53)(H,55,56)/b28-23+. The van der Waals surface area contributed by atoms with Crippen LogP contribution in [0.5, 0.6) is 0 Å². The van der Waals surface area contributed by atoms with E-state index in [-0.39, 0.29) is 55.8 Å². The summed E-state index contributed by atoms with van der Waals surface area (Å²) in [6.07, 6.45) is 4.14. The number of benzene rings is 2. The van der Waals surface area contributed by atoms with Gasteiger partial charge in [0.05, 0.1) is 6.04 Å². The Morgan fingerprint density at radius 3 is 2.12 bits per heavy atom. The van der Waals surface area contributed by atoms with E-state index < -0.39 is 46.7 Å². The van der Waals surface area contributed by atoms with Crippen molar-refractivity contribution in [3.05, 3.63) is 96.2 Å². The van der Waals surface area contributed by atoms with Gasteiger partial charge in [-0.05, 0) is 55.6 Å². The second-order valence-corrected chi connectivity index (χ2v) is 16.0. The zero-order chi connectivity index (χ0) is 42.0. The van der Waals surface area contributed by atoms with Crippen molar-refractivity contribution in [2.45, 2.75) is 77.9 Å². The van der Waals surface area contributed by atoms with Gasteiger partial charge in [-0.25, -0.2) is 4.79 Å². The number of aliphatic carboxylic acids is 1. The minimum absolute atomic E-state index is 0.0109. The Labute approximate surface area is 330 Å². The summed E-state index contributed by atoms with van der Waals surface area (Å²) in [5, 5.41) is 17.9. The van der Waals surface area contributed by atoms with E-state index in [0.29, 0.717) is 5.70 Å². The number of nitrogens with one attached hydrogen (secondary N) is 3. The maximum atomic E-state index is 14.2. The highest BCUT2D eigenvalue weighted by atomic mass is 16.4. The number of carboxylic acids is 1. The summed E-state index contributed by atoms with van der Waals surface area (Å²) in [6.45, 7) is 15.3. The zero-order valence-electron chi connectivity index (χ0n) is 34.1. The highest BCUT2D eigenvalue weighted by molar-refractivity contribution is 5.96. The number of carbonyl (C=O) groups excluding carboxylic acids is 5. The lowest BCUT2D eigenvalue weighted by atomic mass is 9.75. The number of hydrogen-bond donors (Lipinski definition) is 4. The number of carboxylic acid groups (broad SMARTS) is 1. The minimum Gasteiger partial charge on any atom is -0.480 e. The van der Waals surface area contributed by atoms with Crippen LogP contribution in [-0.4, -0.2) is 114 Å². The van der Waals surface area contributed by atoms with Gasteiger partial charge < -0.3 is 30.9 Å². The summed E-state index contributed by atoms with van der Waals surface area (Å²) in [7, 11) is 5.25. The zero-order valence-corrected chi connectivity index (χ0v) is 34.1. The Bertz CT molecular complexity index is 1830. The van der Waals surface area contributed by atoms with Crippen molar-refractivity contribution in [1.29, 1.82) is 0 Å². The number of amides is 5. The number of rotatable bonds is 18. The highest BCUT2D eigenvalue weighted by Crippen LogP contribution is 2.33. The van der Waals surface area contributed by atoms with Gasteiger partial charge in [-0.3, -0.25) is 28.9 Å². The van der Waals surface area contributed by atoms with Crippen LogP contribution < -0.4 is 16.0 Å². The summed E-state index contributed by atoms with van der Waals surface area (Å²) in [5.74, 6) is -3.29. The number of nitrogens with zero attached hydrogens (tertiary/aromatic N) is 3.